The van der Waals surface area contributed by atoms with Crippen LogP contribution in [0.15, 0.2) is 83.9 Å². The summed E-state index contributed by atoms with van der Waals surface area (Å²) in [5.74, 6) is 0.648. The number of nitrogens with zero attached hydrogens (tertiary/aromatic N) is 3. The van der Waals surface area contributed by atoms with Crippen LogP contribution in [-0.4, -0.2) is 29.9 Å². The highest BCUT2D eigenvalue weighted by molar-refractivity contribution is 6.31. The van der Waals surface area contributed by atoms with E-state index in [0.29, 0.717) is 23.9 Å². The number of rotatable bonds is 5. The number of carbonyl (C=O) groups is 1. The lowest BCUT2D eigenvalue weighted by molar-refractivity contribution is -0.118. The zero-order chi connectivity index (χ0) is 21.1. The van der Waals surface area contributed by atoms with Gasteiger partial charge in [-0.15, -0.1) is 0 Å². The van der Waals surface area contributed by atoms with E-state index in [1.165, 1.54) is 0 Å². The molecular weight excluding hydrogens is 394 g/mol. The molecule has 152 valence electrons. The number of aliphatic imine (C=N–C) groups is 1. The number of hydrogen-bond acceptors (Lipinski definition) is 3. The fourth-order valence-corrected chi connectivity index (χ4v) is 3.99. The van der Waals surface area contributed by atoms with Crippen LogP contribution < -0.4 is 4.90 Å². The van der Waals surface area contributed by atoms with Crippen LogP contribution in [0.1, 0.15) is 16.7 Å². The molecule has 30 heavy (non-hydrogen) atoms. The lowest BCUT2D eigenvalue weighted by Gasteiger charge is -2.28. The number of halogens is 1. The van der Waals surface area contributed by atoms with E-state index in [2.05, 4.69) is 12.1 Å². The van der Waals surface area contributed by atoms with Crippen molar-refractivity contribution in [3.63, 3.8) is 0 Å². The SMILES string of the molecule is Cc1cc(Cl)ccc1N1C(=O)C(Cc2ccccc2)N=C1N(C)Cc1ccccc1. The molecule has 0 radical (unpaired) electrons. The maximum Gasteiger partial charge on any atom is 0.259 e. The normalized spacial score (nSPS) is 16.0. The standard InChI is InChI=1S/C25H24ClN3O/c1-18-15-21(26)13-14-23(18)29-24(30)22(16-19-9-5-3-6-10-19)27-25(29)28(2)17-20-11-7-4-8-12-20/h3-15,22H,16-17H2,1-2H3. The lowest BCUT2D eigenvalue weighted by Crippen LogP contribution is -2.43. The molecule has 1 aliphatic heterocycles. The second kappa shape index (κ2) is 8.72. The van der Waals surface area contributed by atoms with E-state index in [1.54, 1.807) is 4.90 Å². The Balaban J connectivity index is 1.68. The molecule has 4 nitrogen and oxygen atoms in total. The van der Waals surface area contributed by atoms with Gasteiger partial charge in [-0.2, -0.15) is 0 Å². The maximum absolute atomic E-state index is 13.5. The molecule has 1 heterocycles. The summed E-state index contributed by atoms with van der Waals surface area (Å²) in [5.41, 5.74) is 4.02. The van der Waals surface area contributed by atoms with Crippen molar-refractivity contribution in [3.8, 4) is 0 Å². The van der Waals surface area contributed by atoms with E-state index in [9.17, 15) is 4.79 Å². The number of amides is 1. The zero-order valence-electron chi connectivity index (χ0n) is 17.1. The van der Waals surface area contributed by atoms with Gasteiger partial charge in [0.25, 0.3) is 5.91 Å². The third kappa shape index (κ3) is 4.24. The predicted octanol–water partition coefficient (Wildman–Crippen LogP) is 5.09. The van der Waals surface area contributed by atoms with Gasteiger partial charge in [0.05, 0.1) is 5.69 Å². The lowest BCUT2D eigenvalue weighted by atomic mass is 10.1. The molecule has 3 aromatic carbocycles. The summed E-state index contributed by atoms with van der Waals surface area (Å²) < 4.78 is 0. The van der Waals surface area contributed by atoms with Gasteiger partial charge in [0.1, 0.15) is 6.04 Å². The first-order valence-corrected chi connectivity index (χ1v) is 10.4. The number of benzene rings is 3. The molecule has 5 heteroatoms. The molecule has 0 spiro atoms. The van der Waals surface area contributed by atoms with E-state index in [1.807, 2.05) is 85.6 Å². The third-order valence-electron chi connectivity index (χ3n) is 5.25. The van der Waals surface area contributed by atoms with Crippen molar-refractivity contribution in [1.82, 2.24) is 4.90 Å². The molecular formula is C25H24ClN3O. The largest absolute Gasteiger partial charge is 0.341 e. The van der Waals surface area contributed by atoms with E-state index < -0.39 is 6.04 Å². The Labute approximate surface area is 182 Å². The van der Waals surface area contributed by atoms with Crippen molar-refractivity contribution in [1.29, 1.82) is 0 Å². The Bertz CT molecular complexity index is 1070. The van der Waals surface area contributed by atoms with Crippen molar-refractivity contribution in [2.45, 2.75) is 25.9 Å². The summed E-state index contributed by atoms with van der Waals surface area (Å²) >= 11 is 6.16. The second-order valence-corrected chi connectivity index (χ2v) is 8.02. The van der Waals surface area contributed by atoms with Gasteiger partial charge >= 0.3 is 0 Å². The summed E-state index contributed by atoms with van der Waals surface area (Å²) in [4.78, 5) is 22.1. The van der Waals surface area contributed by atoms with E-state index in [0.717, 1.165) is 22.4 Å². The molecule has 1 atom stereocenters. The molecule has 0 saturated heterocycles. The molecule has 4 rings (SSSR count). The molecule has 0 fully saturated rings. The van der Waals surface area contributed by atoms with Gasteiger partial charge in [0.2, 0.25) is 5.96 Å². The Kier molecular flexibility index (Phi) is 5.86. The topological polar surface area (TPSA) is 35.9 Å². The fraction of sp³-hybridized carbons (Fsp3) is 0.200. The van der Waals surface area contributed by atoms with Crippen LogP contribution in [0.2, 0.25) is 5.02 Å². The van der Waals surface area contributed by atoms with Gasteiger partial charge in [-0.1, -0.05) is 72.3 Å². The van der Waals surface area contributed by atoms with Crippen molar-refractivity contribution in [3.05, 3.63) is 101 Å². The van der Waals surface area contributed by atoms with E-state index >= 15 is 0 Å². The van der Waals surface area contributed by atoms with Gasteiger partial charge in [-0.25, -0.2) is 9.89 Å². The molecule has 1 unspecified atom stereocenters. The Morgan fingerprint density at radius 2 is 1.60 bits per heavy atom. The van der Waals surface area contributed by atoms with Crippen molar-refractivity contribution in [2.24, 2.45) is 4.99 Å². The van der Waals surface area contributed by atoms with Crippen LogP contribution in [0.5, 0.6) is 0 Å². The summed E-state index contributed by atoms with van der Waals surface area (Å²) in [6, 6.07) is 25.4. The average molecular weight is 418 g/mol. The maximum atomic E-state index is 13.5. The van der Waals surface area contributed by atoms with Crippen LogP contribution >= 0.6 is 11.6 Å². The van der Waals surface area contributed by atoms with Crippen LogP contribution in [0.25, 0.3) is 0 Å². The van der Waals surface area contributed by atoms with E-state index in [4.69, 9.17) is 16.6 Å². The first-order chi connectivity index (χ1) is 14.5. The summed E-state index contributed by atoms with van der Waals surface area (Å²) in [5, 5.41) is 0.653. The highest BCUT2D eigenvalue weighted by Gasteiger charge is 2.38. The number of carbonyl (C=O) groups excluding carboxylic acids is 1. The van der Waals surface area contributed by atoms with Crippen LogP contribution in [0.4, 0.5) is 5.69 Å². The quantitative estimate of drug-likeness (QED) is 0.579. The van der Waals surface area contributed by atoms with Crippen LogP contribution in [0.3, 0.4) is 0 Å². The van der Waals surface area contributed by atoms with Gasteiger partial charge < -0.3 is 4.90 Å². The molecule has 0 bridgehead atoms. The molecule has 0 N–H and O–H groups in total. The molecule has 0 saturated carbocycles. The van der Waals surface area contributed by atoms with Gasteiger partial charge in [-0.3, -0.25) is 4.79 Å². The second-order valence-electron chi connectivity index (χ2n) is 7.58. The highest BCUT2D eigenvalue weighted by Crippen LogP contribution is 2.29. The van der Waals surface area contributed by atoms with Gasteiger partial charge in [-0.05, 0) is 41.8 Å². The first kappa shape index (κ1) is 20.2. The molecule has 1 aliphatic rings. The van der Waals surface area contributed by atoms with Crippen LogP contribution in [0, 0.1) is 6.92 Å². The highest BCUT2D eigenvalue weighted by atomic mass is 35.5. The Morgan fingerprint density at radius 3 is 2.23 bits per heavy atom. The van der Waals surface area contributed by atoms with Gasteiger partial charge in [0.15, 0.2) is 0 Å². The third-order valence-corrected chi connectivity index (χ3v) is 5.49. The molecule has 1 amide bonds. The number of anilines is 1. The van der Waals surface area contributed by atoms with Crippen LogP contribution in [-0.2, 0) is 17.8 Å². The minimum Gasteiger partial charge on any atom is -0.341 e. The predicted molar refractivity (Wildman–Crippen MR) is 123 cm³/mol. The smallest absolute Gasteiger partial charge is 0.259 e. The first-order valence-electron chi connectivity index (χ1n) is 10.00. The number of aryl methyl sites for hydroxylation is 1. The fourth-order valence-electron chi connectivity index (χ4n) is 3.76. The van der Waals surface area contributed by atoms with Crippen molar-refractivity contribution >= 4 is 29.2 Å². The number of guanidine groups is 1. The van der Waals surface area contributed by atoms with E-state index in [-0.39, 0.29) is 5.91 Å². The minimum absolute atomic E-state index is 0.0146. The summed E-state index contributed by atoms with van der Waals surface area (Å²) in [6.07, 6.45) is 0.575. The van der Waals surface area contributed by atoms with Crippen molar-refractivity contribution < 1.29 is 4.79 Å². The number of hydrogen-bond donors (Lipinski definition) is 0. The molecule has 0 aromatic heterocycles. The minimum atomic E-state index is -0.448. The molecule has 3 aromatic rings. The van der Waals surface area contributed by atoms with Gasteiger partial charge in [0, 0.05) is 25.0 Å². The molecule has 0 aliphatic carbocycles. The van der Waals surface area contributed by atoms with Crippen molar-refractivity contribution in [2.75, 3.05) is 11.9 Å². The summed E-state index contributed by atoms with van der Waals surface area (Å²) in [6.45, 7) is 2.63. The average Bonchev–Trinajstić information content (AvgIpc) is 3.06. The monoisotopic (exact) mass is 417 g/mol. The summed E-state index contributed by atoms with van der Waals surface area (Å²) in [7, 11) is 1.97. The Morgan fingerprint density at radius 1 is 0.967 bits per heavy atom. The Hall–Kier alpha value is -3.11. The zero-order valence-corrected chi connectivity index (χ0v) is 17.9.